The number of ether oxygens (including phenoxy) is 1. The van der Waals surface area contributed by atoms with Gasteiger partial charge in [0.15, 0.2) is 0 Å². The van der Waals surface area contributed by atoms with Crippen molar-refractivity contribution in [3.8, 4) is 0 Å². The molecule has 1 aromatic rings. The summed E-state index contributed by atoms with van der Waals surface area (Å²) >= 11 is 0. The molecule has 0 saturated carbocycles. The van der Waals surface area contributed by atoms with Gasteiger partial charge in [0.1, 0.15) is 0 Å². The van der Waals surface area contributed by atoms with Gasteiger partial charge in [-0.2, -0.15) is 13.2 Å². The van der Waals surface area contributed by atoms with Crippen molar-refractivity contribution in [2.24, 2.45) is 11.8 Å². The van der Waals surface area contributed by atoms with Crippen molar-refractivity contribution in [1.82, 2.24) is 10.2 Å². The molecule has 152 valence electrons. The van der Waals surface area contributed by atoms with E-state index in [1.165, 1.54) is 4.90 Å². The summed E-state index contributed by atoms with van der Waals surface area (Å²) in [7, 11) is 1.57. The summed E-state index contributed by atoms with van der Waals surface area (Å²) in [4.78, 5) is 24.3. The molecule has 1 aromatic carbocycles. The molecule has 1 aliphatic rings. The lowest BCUT2D eigenvalue weighted by atomic mass is 9.96. The van der Waals surface area contributed by atoms with Gasteiger partial charge >= 0.3 is 12.1 Å². The molecule has 27 heavy (non-hydrogen) atoms. The number of hydrogen-bond donors (Lipinski definition) is 2. The summed E-state index contributed by atoms with van der Waals surface area (Å²) in [5, 5.41) is 11.6. The Hall–Kier alpha value is -1.84. The van der Waals surface area contributed by atoms with Gasteiger partial charge in [-0.15, -0.1) is 12.4 Å². The quantitative estimate of drug-likeness (QED) is 0.719. The molecule has 1 fully saturated rings. The third kappa shape index (κ3) is 6.67. The number of nitrogens with one attached hydrogen (secondary N) is 1. The SMILES string of the molecule is COCc1cccc(CNC(=O)CN2C[C@@H](C(F)(F)F)[C@H](C(=O)O)C2)c1.Cl. The number of methoxy groups -OCH3 is 1. The topological polar surface area (TPSA) is 78.9 Å². The van der Waals surface area contributed by atoms with Crippen LogP contribution in [0.4, 0.5) is 13.2 Å². The van der Waals surface area contributed by atoms with Crippen LogP contribution in [0.15, 0.2) is 24.3 Å². The second-order valence-electron chi connectivity index (χ2n) is 6.32. The van der Waals surface area contributed by atoms with Gasteiger partial charge < -0.3 is 15.2 Å². The number of benzene rings is 1. The van der Waals surface area contributed by atoms with Gasteiger partial charge in [-0.25, -0.2) is 0 Å². The van der Waals surface area contributed by atoms with Crippen molar-refractivity contribution < 1.29 is 32.6 Å². The first-order chi connectivity index (χ1) is 12.2. The van der Waals surface area contributed by atoms with Crippen molar-refractivity contribution in [3.05, 3.63) is 35.4 Å². The smallest absolute Gasteiger partial charge is 0.393 e. The fourth-order valence-corrected chi connectivity index (χ4v) is 3.05. The molecule has 2 atom stereocenters. The first-order valence-electron chi connectivity index (χ1n) is 8.06. The number of hydrogen-bond acceptors (Lipinski definition) is 4. The Bertz CT molecular complexity index is 657. The number of alkyl halides is 3. The number of halogens is 4. The summed E-state index contributed by atoms with van der Waals surface area (Å²) in [6.45, 7) is -0.387. The fraction of sp³-hybridized carbons (Fsp3) is 0.529. The van der Waals surface area contributed by atoms with Gasteiger partial charge in [-0.1, -0.05) is 24.3 Å². The van der Waals surface area contributed by atoms with Crippen molar-refractivity contribution in [1.29, 1.82) is 0 Å². The van der Waals surface area contributed by atoms with E-state index < -0.39 is 36.4 Å². The highest BCUT2D eigenvalue weighted by atomic mass is 35.5. The van der Waals surface area contributed by atoms with Crippen LogP contribution in [-0.4, -0.2) is 54.8 Å². The number of carboxylic acids is 1. The Labute approximate surface area is 161 Å². The Morgan fingerprint density at radius 1 is 1.30 bits per heavy atom. The van der Waals surface area contributed by atoms with Gasteiger partial charge in [0, 0.05) is 26.7 Å². The van der Waals surface area contributed by atoms with Gasteiger partial charge in [0.2, 0.25) is 5.91 Å². The zero-order chi connectivity index (χ0) is 19.3. The van der Waals surface area contributed by atoms with Gasteiger partial charge in [-0.3, -0.25) is 14.5 Å². The van der Waals surface area contributed by atoms with E-state index in [4.69, 9.17) is 9.84 Å². The maximum absolute atomic E-state index is 13.0. The highest BCUT2D eigenvalue weighted by molar-refractivity contribution is 5.85. The molecular weight excluding hydrogens is 389 g/mol. The number of carboxylic acid groups (broad SMARTS) is 1. The molecule has 0 aliphatic carbocycles. The van der Waals surface area contributed by atoms with Gasteiger partial charge in [0.05, 0.1) is 25.0 Å². The predicted molar refractivity (Wildman–Crippen MR) is 93.4 cm³/mol. The van der Waals surface area contributed by atoms with Crippen LogP contribution in [0.2, 0.25) is 0 Å². The van der Waals surface area contributed by atoms with E-state index in [-0.39, 0.29) is 32.0 Å². The molecule has 0 spiro atoms. The molecule has 0 unspecified atom stereocenters. The average Bonchev–Trinajstić information content (AvgIpc) is 2.98. The summed E-state index contributed by atoms with van der Waals surface area (Å²) in [6.07, 6.45) is -4.60. The lowest BCUT2D eigenvalue weighted by Gasteiger charge is -2.18. The number of nitrogens with zero attached hydrogens (tertiary/aromatic N) is 1. The van der Waals surface area contributed by atoms with E-state index in [1.54, 1.807) is 7.11 Å². The average molecular weight is 411 g/mol. The predicted octanol–water partition coefficient (Wildman–Crippen LogP) is 2.07. The number of rotatable bonds is 7. The summed E-state index contributed by atoms with van der Waals surface area (Å²) in [5.41, 5.74) is 1.78. The monoisotopic (exact) mass is 410 g/mol. The highest BCUT2D eigenvalue weighted by Gasteiger charge is 2.52. The Kier molecular flexibility index (Phi) is 8.52. The molecule has 0 radical (unpaired) electrons. The van der Waals surface area contributed by atoms with Crippen LogP contribution < -0.4 is 5.32 Å². The minimum atomic E-state index is -4.60. The minimum Gasteiger partial charge on any atom is -0.481 e. The van der Waals surface area contributed by atoms with E-state index in [1.807, 2.05) is 24.3 Å². The van der Waals surface area contributed by atoms with Crippen LogP contribution in [0.5, 0.6) is 0 Å². The number of carbonyl (C=O) groups excluding carboxylic acids is 1. The maximum Gasteiger partial charge on any atom is 0.393 e. The van der Waals surface area contributed by atoms with E-state index in [9.17, 15) is 22.8 Å². The van der Waals surface area contributed by atoms with Crippen LogP contribution in [0, 0.1) is 11.8 Å². The second-order valence-corrected chi connectivity index (χ2v) is 6.32. The largest absolute Gasteiger partial charge is 0.481 e. The second kappa shape index (κ2) is 9.91. The molecule has 1 heterocycles. The van der Waals surface area contributed by atoms with Crippen molar-refractivity contribution in [2.45, 2.75) is 19.3 Å². The molecule has 1 saturated heterocycles. The van der Waals surface area contributed by atoms with Crippen LogP contribution in [0.3, 0.4) is 0 Å². The van der Waals surface area contributed by atoms with Gasteiger partial charge in [-0.05, 0) is 11.1 Å². The molecule has 2 N–H and O–H groups in total. The number of amides is 1. The number of carbonyl (C=O) groups is 2. The van der Waals surface area contributed by atoms with E-state index in [2.05, 4.69) is 5.32 Å². The van der Waals surface area contributed by atoms with Crippen molar-refractivity contribution >= 4 is 24.3 Å². The Balaban J connectivity index is 0.00000364. The highest BCUT2D eigenvalue weighted by Crippen LogP contribution is 2.37. The van der Waals surface area contributed by atoms with Gasteiger partial charge in [0.25, 0.3) is 0 Å². The van der Waals surface area contributed by atoms with Crippen LogP contribution in [-0.2, 0) is 27.5 Å². The number of likely N-dealkylation sites (tertiary alicyclic amines) is 1. The third-order valence-electron chi connectivity index (χ3n) is 4.29. The molecule has 0 bridgehead atoms. The van der Waals surface area contributed by atoms with E-state index in [0.717, 1.165) is 11.1 Å². The minimum absolute atomic E-state index is 0. The number of aliphatic carboxylic acids is 1. The lowest BCUT2D eigenvalue weighted by molar-refractivity contribution is -0.188. The maximum atomic E-state index is 13.0. The first kappa shape index (κ1) is 23.2. The van der Waals surface area contributed by atoms with Crippen LogP contribution in [0.1, 0.15) is 11.1 Å². The zero-order valence-electron chi connectivity index (χ0n) is 14.7. The molecule has 1 amide bonds. The molecule has 6 nitrogen and oxygen atoms in total. The van der Waals surface area contributed by atoms with Crippen molar-refractivity contribution in [3.63, 3.8) is 0 Å². The first-order valence-corrected chi connectivity index (χ1v) is 8.06. The molecule has 10 heteroatoms. The molecule has 0 aromatic heterocycles. The summed E-state index contributed by atoms with van der Waals surface area (Å²) in [5.74, 6) is -5.45. The third-order valence-corrected chi connectivity index (χ3v) is 4.29. The van der Waals surface area contributed by atoms with E-state index >= 15 is 0 Å². The zero-order valence-corrected chi connectivity index (χ0v) is 15.5. The molecule has 2 rings (SSSR count). The van der Waals surface area contributed by atoms with Crippen LogP contribution in [0.25, 0.3) is 0 Å². The Morgan fingerprint density at radius 3 is 2.52 bits per heavy atom. The Morgan fingerprint density at radius 2 is 1.96 bits per heavy atom. The molecule has 1 aliphatic heterocycles. The van der Waals surface area contributed by atoms with Crippen LogP contribution >= 0.6 is 12.4 Å². The fourth-order valence-electron chi connectivity index (χ4n) is 3.05. The molecular formula is C17H22ClF3N2O4. The van der Waals surface area contributed by atoms with E-state index in [0.29, 0.717) is 6.61 Å². The summed E-state index contributed by atoms with van der Waals surface area (Å²) in [6, 6.07) is 7.37. The summed E-state index contributed by atoms with van der Waals surface area (Å²) < 4.78 is 43.9. The standard InChI is InChI=1S/C17H21F3N2O4.ClH/c1-26-10-12-4-2-3-11(5-12)6-21-15(23)9-22-7-13(16(24)25)14(8-22)17(18,19)20;/h2-5,13-14H,6-10H2,1H3,(H,21,23)(H,24,25);1H/t13-,14-;/m1./s1. The lowest BCUT2D eigenvalue weighted by Crippen LogP contribution is -2.36. The normalized spacial score (nSPS) is 20.1. The van der Waals surface area contributed by atoms with Crippen molar-refractivity contribution in [2.75, 3.05) is 26.7 Å².